The van der Waals surface area contributed by atoms with Crippen molar-refractivity contribution in [2.45, 2.75) is 75.7 Å². The van der Waals surface area contributed by atoms with Crippen LogP contribution in [0.25, 0.3) is 0 Å². The molecule has 7 rings (SSSR count). The second kappa shape index (κ2) is 22.3. The highest BCUT2D eigenvalue weighted by Gasteiger charge is 2.65. The number of hydrogen-bond donors (Lipinski definition) is 2. The predicted octanol–water partition coefficient (Wildman–Crippen LogP) is 8.75. The largest absolute Gasteiger partial charge is 0.497 e. The molecule has 354 valence electrons. The standard InChI is InChI=1S/C52H59N3O12/c1-5-25-64-52-48(54(2)49(59)27-35-11-10-13-39(26-35)62-3)31-45(53-65-33-34-15-17-38(18-16-34)55(60)61)43-29-36(12-6-8-23-56)42(14-7-9-24-57)50(51(43)52)44-30-41(20-22-47(44)67-52)66-40-19-21-46(63-4)37(28-40)32-58/h5,10-11,13,15-22,26,28-30,32,36,42,48,50-51,56-57H,1,6-9,12,14,23-25,27,31,33H2,2-4H3/t36-,42+,48-,50+,51+,52+/m0/s1. The Morgan fingerprint density at radius 1 is 0.940 bits per heavy atom. The summed E-state index contributed by atoms with van der Waals surface area (Å²) in [5.41, 5.74) is 4.04. The lowest BCUT2D eigenvalue weighted by molar-refractivity contribution is -0.384. The molecule has 0 bridgehead atoms. The molecule has 2 aliphatic carbocycles. The number of aldehydes is 1. The molecule has 4 aromatic rings. The number of oxime groups is 1. The van der Waals surface area contributed by atoms with Crippen molar-refractivity contribution in [3.8, 4) is 28.7 Å². The van der Waals surface area contributed by atoms with E-state index in [1.165, 1.54) is 19.2 Å². The number of nitro groups is 1. The summed E-state index contributed by atoms with van der Waals surface area (Å²) in [7, 11) is 4.83. The smallest absolute Gasteiger partial charge is 0.269 e. The van der Waals surface area contributed by atoms with Crippen LogP contribution in [0, 0.1) is 27.9 Å². The minimum absolute atomic E-state index is 0.0188. The van der Waals surface area contributed by atoms with Crippen LogP contribution in [0.3, 0.4) is 0 Å². The highest BCUT2D eigenvalue weighted by molar-refractivity contribution is 6.03. The molecule has 4 aromatic carbocycles. The summed E-state index contributed by atoms with van der Waals surface area (Å²) in [5, 5.41) is 36.2. The van der Waals surface area contributed by atoms with E-state index in [-0.39, 0.29) is 68.6 Å². The van der Waals surface area contributed by atoms with Crippen molar-refractivity contribution in [1.82, 2.24) is 4.90 Å². The third-order valence-corrected chi connectivity index (χ3v) is 13.1. The number of allylic oxidation sites excluding steroid dienone is 1. The van der Waals surface area contributed by atoms with E-state index in [0.29, 0.717) is 64.7 Å². The monoisotopic (exact) mass is 917 g/mol. The Bertz CT molecular complexity index is 2450. The van der Waals surface area contributed by atoms with Crippen molar-refractivity contribution in [2.24, 2.45) is 22.9 Å². The minimum atomic E-state index is -1.48. The number of ether oxygens (including phenoxy) is 5. The number of carbonyl (C=O) groups is 2. The van der Waals surface area contributed by atoms with E-state index in [1.54, 1.807) is 61.5 Å². The molecule has 1 fully saturated rings. The van der Waals surface area contributed by atoms with Gasteiger partial charge in [-0.05, 0) is 115 Å². The number of aliphatic hydroxyl groups is 2. The highest BCUT2D eigenvalue weighted by Crippen LogP contribution is 2.62. The molecule has 15 nitrogen and oxygen atoms in total. The van der Waals surface area contributed by atoms with Crippen LogP contribution in [-0.2, 0) is 27.4 Å². The molecule has 3 aliphatic rings. The van der Waals surface area contributed by atoms with E-state index in [0.717, 1.165) is 42.4 Å². The molecular formula is C52H59N3O12. The zero-order valence-corrected chi connectivity index (χ0v) is 38.2. The quantitative estimate of drug-likeness (QED) is 0.0237. The molecule has 1 heterocycles. The summed E-state index contributed by atoms with van der Waals surface area (Å²) in [6.45, 7) is 4.22. The third kappa shape index (κ3) is 10.7. The van der Waals surface area contributed by atoms with E-state index in [9.17, 15) is 29.9 Å². The number of amides is 1. The van der Waals surface area contributed by atoms with Crippen molar-refractivity contribution >= 4 is 23.6 Å². The van der Waals surface area contributed by atoms with E-state index in [2.05, 4.69) is 12.7 Å². The van der Waals surface area contributed by atoms with Crippen molar-refractivity contribution in [3.05, 3.63) is 142 Å². The number of fused-ring (bicyclic) bond motifs is 2. The molecule has 1 amide bonds. The van der Waals surface area contributed by atoms with Gasteiger partial charge >= 0.3 is 0 Å². The molecule has 0 radical (unpaired) electrons. The number of benzene rings is 4. The molecule has 1 saturated carbocycles. The van der Waals surface area contributed by atoms with Gasteiger partial charge in [0.05, 0.1) is 49.4 Å². The summed E-state index contributed by atoms with van der Waals surface area (Å²) in [4.78, 5) is 45.4. The van der Waals surface area contributed by atoms with E-state index < -0.39 is 22.7 Å². The van der Waals surface area contributed by atoms with Gasteiger partial charge in [0.25, 0.3) is 5.69 Å². The number of rotatable bonds is 23. The summed E-state index contributed by atoms with van der Waals surface area (Å²) in [6, 6.07) is 23.4. The number of methoxy groups -OCH3 is 2. The minimum Gasteiger partial charge on any atom is -0.497 e. The second-order valence-corrected chi connectivity index (χ2v) is 17.1. The average molecular weight is 918 g/mol. The molecule has 0 saturated heterocycles. The zero-order chi connectivity index (χ0) is 47.5. The molecule has 6 atom stereocenters. The number of carbonyl (C=O) groups excluding carboxylic acids is 2. The topological polar surface area (TPSA) is 189 Å². The van der Waals surface area contributed by atoms with Crippen molar-refractivity contribution < 1.29 is 53.2 Å². The fourth-order valence-corrected chi connectivity index (χ4v) is 9.95. The summed E-state index contributed by atoms with van der Waals surface area (Å²) < 4.78 is 31.6. The zero-order valence-electron chi connectivity index (χ0n) is 38.2. The highest BCUT2D eigenvalue weighted by atomic mass is 16.7. The molecule has 67 heavy (non-hydrogen) atoms. The van der Waals surface area contributed by atoms with Gasteiger partial charge in [0.1, 0.15) is 41.4 Å². The van der Waals surface area contributed by atoms with Gasteiger partial charge in [-0.3, -0.25) is 19.7 Å². The number of non-ortho nitro benzene ring substituents is 1. The van der Waals surface area contributed by atoms with Crippen molar-refractivity contribution in [2.75, 3.05) is 41.1 Å². The predicted molar refractivity (Wildman–Crippen MR) is 251 cm³/mol. The molecule has 0 aromatic heterocycles. The van der Waals surface area contributed by atoms with Crippen LogP contribution in [0.2, 0.25) is 0 Å². The van der Waals surface area contributed by atoms with Crippen LogP contribution in [-0.4, -0.2) is 90.9 Å². The molecular weight excluding hydrogens is 859 g/mol. The molecule has 1 aliphatic heterocycles. The van der Waals surface area contributed by atoms with Gasteiger partial charge < -0.3 is 43.6 Å². The molecule has 15 heteroatoms. The van der Waals surface area contributed by atoms with Crippen molar-refractivity contribution in [3.63, 3.8) is 0 Å². The maximum absolute atomic E-state index is 14.6. The van der Waals surface area contributed by atoms with E-state index in [1.807, 2.05) is 36.4 Å². The normalized spacial score (nSPS) is 22.0. The summed E-state index contributed by atoms with van der Waals surface area (Å²) in [6.07, 6.45) is 9.07. The third-order valence-electron chi connectivity index (χ3n) is 13.1. The van der Waals surface area contributed by atoms with Gasteiger partial charge in [-0.1, -0.05) is 42.3 Å². The Kier molecular flexibility index (Phi) is 16.1. The first kappa shape index (κ1) is 48.4. The Balaban J connectivity index is 1.40. The maximum Gasteiger partial charge on any atom is 0.269 e. The lowest BCUT2D eigenvalue weighted by atomic mass is 9.55. The Morgan fingerprint density at radius 3 is 2.39 bits per heavy atom. The number of nitrogens with zero attached hydrogens (tertiary/aromatic N) is 3. The maximum atomic E-state index is 14.6. The number of unbranched alkanes of at least 4 members (excludes halogenated alkanes) is 2. The SMILES string of the molecule is C=CCO[C@@]12Oc3ccc(Oc4ccc(OC)c(C=O)c4)cc3[C@H]3[C@H](CCCCO)[C@@H](CCCCO)C=C(C(=NOCc4ccc([N+](=O)[O-])cc4)C[C@@H]1N(C)C(=O)Cc1cccc(OC)c1)[C@H]32. The lowest BCUT2D eigenvalue weighted by Gasteiger charge is -2.59. The number of nitro benzene ring substituents is 1. The molecule has 0 spiro atoms. The number of hydrogen-bond acceptors (Lipinski definition) is 13. The fourth-order valence-electron chi connectivity index (χ4n) is 9.95. The Labute approximate surface area is 390 Å². The van der Waals surface area contributed by atoms with Gasteiger partial charge in [-0.2, -0.15) is 0 Å². The summed E-state index contributed by atoms with van der Waals surface area (Å²) >= 11 is 0. The van der Waals surface area contributed by atoms with Crippen LogP contribution in [0.15, 0.2) is 114 Å². The average Bonchev–Trinajstić information content (AvgIpc) is 3.34. The number of likely N-dealkylation sites (N-methyl/N-ethyl adjacent to an activating group) is 1. The first-order chi connectivity index (χ1) is 32.6. The summed E-state index contributed by atoms with van der Waals surface area (Å²) in [5.74, 6) is -0.0776. The number of aliphatic hydroxyl groups excluding tert-OH is 2. The van der Waals surface area contributed by atoms with Gasteiger partial charge in [0.15, 0.2) is 6.29 Å². The van der Waals surface area contributed by atoms with Crippen LogP contribution < -0.4 is 18.9 Å². The van der Waals surface area contributed by atoms with Crippen molar-refractivity contribution in [1.29, 1.82) is 0 Å². The van der Waals surface area contributed by atoms with Gasteiger partial charge in [-0.25, -0.2) is 0 Å². The first-order valence-corrected chi connectivity index (χ1v) is 22.7. The van der Waals surface area contributed by atoms with Crippen LogP contribution in [0.5, 0.6) is 28.7 Å². The lowest BCUT2D eigenvalue weighted by Crippen LogP contribution is -2.69. The van der Waals surface area contributed by atoms with Crippen LogP contribution >= 0.6 is 0 Å². The molecule has 2 N–H and O–H groups in total. The van der Waals surface area contributed by atoms with E-state index in [4.69, 9.17) is 33.7 Å². The molecule has 0 unspecified atom stereocenters. The van der Waals surface area contributed by atoms with Crippen LogP contribution in [0.4, 0.5) is 5.69 Å². The second-order valence-electron chi connectivity index (χ2n) is 17.1. The van der Waals surface area contributed by atoms with Gasteiger partial charge in [0.2, 0.25) is 11.7 Å². The van der Waals surface area contributed by atoms with Gasteiger partial charge in [0, 0.05) is 50.3 Å². The Morgan fingerprint density at radius 2 is 1.69 bits per heavy atom. The Hall–Kier alpha value is -6.55. The van der Waals surface area contributed by atoms with Crippen LogP contribution in [0.1, 0.15) is 77.9 Å². The fraction of sp³-hybridized carbons (Fsp3) is 0.404. The van der Waals surface area contributed by atoms with Gasteiger partial charge in [-0.15, -0.1) is 6.58 Å². The van der Waals surface area contributed by atoms with E-state index >= 15 is 0 Å². The first-order valence-electron chi connectivity index (χ1n) is 22.7.